The van der Waals surface area contributed by atoms with E-state index in [0.29, 0.717) is 6.42 Å². The van der Waals surface area contributed by atoms with E-state index in [9.17, 15) is 5.11 Å². The van der Waals surface area contributed by atoms with Crippen LogP contribution in [0.25, 0.3) is 0 Å². The second kappa shape index (κ2) is 7.41. The first kappa shape index (κ1) is 14.2. The lowest BCUT2D eigenvalue weighted by Gasteiger charge is -2.10. The fourth-order valence-electron chi connectivity index (χ4n) is 2.10. The average molecular weight is 275 g/mol. The number of hydrogen-bond donors (Lipinski definition) is 1. The molecule has 0 amide bonds. The van der Waals surface area contributed by atoms with E-state index in [1.807, 2.05) is 12.3 Å². The summed E-state index contributed by atoms with van der Waals surface area (Å²) >= 11 is 1.79. The van der Waals surface area contributed by atoms with Gasteiger partial charge < -0.3 is 5.11 Å². The van der Waals surface area contributed by atoms with Crippen molar-refractivity contribution in [2.75, 3.05) is 0 Å². The first-order valence-electron chi connectivity index (χ1n) is 6.92. The average Bonchev–Trinajstić information content (AvgIpc) is 2.93. The molecule has 0 spiro atoms. The van der Waals surface area contributed by atoms with Gasteiger partial charge in [-0.1, -0.05) is 19.1 Å². The molecule has 1 N–H and O–H groups in total. The molecule has 2 rings (SSSR count). The normalized spacial score (nSPS) is 12.5. The Morgan fingerprint density at radius 1 is 1.32 bits per heavy atom. The minimum Gasteiger partial charge on any atom is -0.393 e. The summed E-state index contributed by atoms with van der Waals surface area (Å²) in [5, 5.41) is 12.1. The molecular weight excluding hydrogens is 254 g/mol. The fourth-order valence-corrected chi connectivity index (χ4v) is 2.85. The molecule has 0 aliphatic carbocycles. The predicted molar refractivity (Wildman–Crippen MR) is 80.6 cm³/mol. The third kappa shape index (κ3) is 4.77. The predicted octanol–water partition coefficient (Wildman–Crippen LogP) is 3.63. The van der Waals surface area contributed by atoms with Crippen molar-refractivity contribution in [3.05, 3.63) is 52.0 Å². The molecule has 0 aliphatic rings. The van der Waals surface area contributed by atoms with Crippen molar-refractivity contribution < 1.29 is 5.11 Å². The molecule has 0 fully saturated rings. The second-order valence-corrected chi connectivity index (χ2v) is 5.87. The summed E-state index contributed by atoms with van der Waals surface area (Å²) in [4.78, 5) is 5.79. The molecule has 0 saturated carbocycles. The van der Waals surface area contributed by atoms with E-state index in [1.54, 1.807) is 11.3 Å². The second-order valence-electron chi connectivity index (χ2n) is 4.84. The molecule has 0 aliphatic heterocycles. The zero-order valence-corrected chi connectivity index (χ0v) is 12.2. The van der Waals surface area contributed by atoms with Gasteiger partial charge in [-0.25, -0.2) is 0 Å². The van der Waals surface area contributed by atoms with Gasteiger partial charge in [0.15, 0.2) is 0 Å². The molecule has 1 unspecified atom stereocenters. The molecule has 2 aromatic heterocycles. The molecule has 0 aromatic carbocycles. The minimum absolute atomic E-state index is 0.278. The maximum absolute atomic E-state index is 10.0. The number of aliphatic hydroxyl groups is 1. The summed E-state index contributed by atoms with van der Waals surface area (Å²) in [5.74, 6) is 0. The summed E-state index contributed by atoms with van der Waals surface area (Å²) < 4.78 is 0. The zero-order valence-electron chi connectivity index (χ0n) is 11.4. The SMILES string of the molecule is CCc1ccc(CC(O)CCCc2cccs2)nc1. The van der Waals surface area contributed by atoms with Gasteiger partial charge in [0.2, 0.25) is 0 Å². The number of aliphatic hydroxyl groups excluding tert-OH is 1. The lowest BCUT2D eigenvalue weighted by molar-refractivity contribution is 0.161. The summed E-state index contributed by atoms with van der Waals surface area (Å²) in [7, 11) is 0. The van der Waals surface area contributed by atoms with Crippen LogP contribution in [0.15, 0.2) is 35.8 Å². The van der Waals surface area contributed by atoms with E-state index < -0.39 is 0 Å². The lowest BCUT2D eigenvalue weighted by Crippen LogP contribution is -2.11. The molecular formula is C16H21NOS. The third-order valence-corrected chi connectivity index (χ3v) is 4.22. The van der Waals surface area contributed by atoms with E-state index in [4.69, 9.17) is 0 Å². The highest BCUT2D eigenvalue weighted by molar-refractivity contribution is 7.09. The van der Waals surface area contributed by atoms with E-state index in [-0.39, 0.29) is 6.10 Å². The number of thiophene rings is 1. The summed E-state index contributed by atoms with van der Waals surface area (Å²) in [6.45, 7) is 2.12. The number of aryl methyl sites for hydroxylation is 2. The van der Waals surface area contributed by atoms with Crippen LogP contribution in [0.2, 0.25) is 0 Å². The number of hydrogen-bond acceptors (Lipinski definition) is 3. The quantitative estimate of drug-likeness (QED) is 0.837. The Morgan fingerprint density at radius 2 is 2.21 bits per heavy atom. The van der Waals surface area contributed by atoms with Crippen molar-refractivity contribution in [2.45, 2.75) is 45.1 Å². The summed E-state index contributed by atoms with van der Waals surface area (Å²) in [5.41, 5.74) is 2.23. The van der Waals surface area contributed by atoms with Crippen LogP contribution < -0.4 is 0 Å². The number of aromatic nitrogens is 1. The van der Waals surface area contributed by atoms with Crippen molar-refractivity contribution in [1.82, 2.24) is 4.98 Å². The van der Waals surface area contributed by atoms with Gasteiger partial charge in [-0.2, -0.15) is 0 Å². The first-order valence-corrected chi connectivity index (χ1v) is 7.80. The Bertz CT molecular complexity index is 464. The molecule has 2 heterocycles. The largest absolute Gasteiger partial charge is 0.393 e. The van der Waals surface area contributed by atoms with Crippen molar-refractivity contribution in [3.63, 3.8) is 0 Å². The van der Waals surface area contributed by atoms with Crippen LogP contribution in [0.3, 0.4) is 0 Å². The van der Waals surface area contributed by atoms with Crippen molar-refractivity contribution in [3.8, 4) is 0 Å². The highest BCUT2D eigenvalue weighted by Gasteiger charge is 2.07. The highest BCUT2D eigenvalue weighted by atomic mass is 32.1. The van der Waals surface area contributed by atoms with Gasteiger partial charge in [-0.15, -0.1) is 11.3 Å². The third-order valence-electron chi connectivity index (χ3n) is 3.28. The number of rotatable bonds is 7. The van der Waals surface area contributed by atoms with Crippen LogP contribution in [0.1, 0.15) is 35.9 Å². The van der Waals surface area contributed by atoms with Gasteiger partial charge in [-0.05, 0) is 48.8 Å². The number of pyridine rings is 1. The van der Waals surface area contributed by atoms with Crippen molar-refractivity contribution >= 4 is 11.3 Å². The Kier molecular flexibility index (Phi) is 5.55. The molecule has 0 saturated heterocycles. The molecule has 3 heteroatoms. The van der Waals surface area contributed by atoms with Crippen LogP contribution >= 0.6 is 11.3 Å². The lowest BCUT2D eigenvalue weighted by atomic mass is 10.1. The van der Waals surface area contributed by atoms with E-state index >= 15 is 0 Å². The van der Waals surface area contributed by atoms with E-state index in [2.05, 4.69) is 35.5 Å². The van der Waals surface area contributed by atoms with Gasteiger partial charge in [0.05, 0.1) is 6.10 Å². The smallest absolute Gasteiger partial charge is 0.0595 e. The molecule has 0 bridgehead atoms. The van der Waals surface area contributed by atoms with Gasteiger partial charge >= 0.3 is 0 Å². The Labute approximate surface area is 119 Å². The van der Waals surface area contributed by atoms with Gasteiger partial charge in [-0.3, -0.25) is 4.98 Å². The van der Waals surface area contributed by atoms with Crippen molar-refractivity contribution in [1.29, 1.82) is 0 Å². The maximum Gasteiger partial charge on any atom is 0.0595 e. The van der Waals surface area contributed by atoms with Gasteiger partial charge in [0, 0.05) is 23.2 Å². The van der Waals surface area contributed by atoms with Crippen LogP contribution in [0, 0.1) is 0 Å². The van der Waals surface area contributed by atoms with Crippen LogP contribution in [0.4, 0.5) is 0 Å². The topological polar surface area (TPSA) is 33.1 Å². The van der Waals surface area contributed by atoms with Gasteiger partial charge in [0.1, 0.15) is 0 Å². The molecule has 102 valence electrons. The summed E-state index contributed by atoms with van der Waals surface area (Å²) in [6.07, 6.45) is 6.25. The van der Waals surface area contributed by atoms with E-state index in [0.717, 1.165) is 31.4 Å². The molecule has 0 radical (unpaired) electrons. The van der Waals surface area contributed by atoms with Crippen LogP contribution in [-0.2, 0) is 19.3 Å². The Morgan fingerprint density at radius 3 is 2.84 bits per heavy atom. The summed E-state index contributed by atoms with van der Waals surface area (Å²) in [6, 6.07) is 8.36. The monoisotopic (exact) mass is 275 g/mol. The fraction of sp³-hybridized carbons (Fsp3) is 0.438. The Balaban J connectivity index is 1.72. The molecule has 2 aromatic rings. The highest BCUT2D eigenvalue weighted by Crippen LogP contribution is 2.14. The standard InChI is InChI=1S/C16H21NOS/c1-2-13-8-9-14(17-12-13)11-15(18)5-3-6-16-7-4-10-19-16/h4,7-10,12,15,18H,2-3,5-6,11H2,1H3. The Hall–Kier alpha value is -1.19. The van der Waals surface area contributed by atoms with Crippen molar-refractivity contribution in [2.24, 2.45) is 0 Å². The maximum atomic E-state index is 10.0. The van der Waals surface area contributed by atoms with E-state index in [1.165, 1.54) is 10.4 Å². The zero-order chi connectivity index (χ0) is 13.5. The number of nitrogens with zero attached hydrogens (tertiary/aromatic N) is 1. The van der Waals surface area contributed by atoms with Gasteiger partial charge in [0.25, 0.3) is 0 Å². The van der Waals surface area contributed by atoms with Crippen LogP contribution in [0.5, 0.6) is 0 Å². The molecule has 1 atom stereocenters. The molecule has 2 nitrogen and oxygen atoms in total. The molecule has 19 heavy (non-hydrogen) atoms. The van der Waals surface area contributed by atoms with Crippen LogP contribution in [-0.4, -0.2) is 16.2 Å². The first-order chi connectivity index (χ1) is 9.28. The minimum atomic E-state index is -0.278.